The van der Waals surface area contributed by atoms with Crippen molar-refractivity contribution < 1.29 is 9.59 Å². The first-order valence-corrected chi connectivity index (χ1v) is 8.32. The Balaban J connectivity index is 1.75. The number of anilines is 3. The van der Waals surface area contributed by atoms with Crippen LogP contribution in [0.5, 0.6) is 0 Å². The molecule has 3 rings (SSSR count). The molecule has 130 valence electrons. The lowest BCUT2D eigenvalue weighted by molar-refractivity contribution is -0.117. The molecule has 1 heterocycles. The number of hydrogen-bond acceptors (Lipinski definition) is 4. The minimum absolute atomic E-state index is 0.109. The summed E-state index contributed by atoms with van der Waals surface area (Å²) in [5, 5.41) is 2.89. The molecule has 6 heteroatoms. The number of nitrogens with one attached hydrogen (secondary N) is 1. The van der Waals surface area contributed by atoms with Gasteiger partial charge in [0.2, 0.25) is 11.8 Å². The quantitative estimate of drug-likeness (QED) is 0.743. The Labute approximate surface area is 146 Å². The standard InChI is InChI=1S/C19H22N4O2/c1-12(19(25)22-14-9-7-13(8-10-14)18(21)24)23-11-3-4-15-16(20)5-2-6-17(15)23/h2,5-10,12H,3-4,11,20H2,1H3,(H2,21,24)(H,22,25). The molecule has 0 aromatic heterocycles. The molecule has 2 aromatic carbocycles. The number of carbonyl (C=O) groups excluding carboxylic acids is 2. The van der Waals surface area contributed by atoms with Gasteiger partial charge in [0.05, 0.1) is 0 Å². The second-order valence-corrected chi connectivity index (χ2v) is 6.25. The number of rotatable bonds is 4. The smallest absolute Gasteiger partial charge is 0.248 e. The van der Waals surface area contributed by atoms with Crippen molar-refractivity contribution in [2.24, 2.45) is 5.73 Å². The summed E-state index contributed by atoms with van der Waals surface area (Å²) in [6.07, 6.45) is 1.90. The van der Waals surface area contributed by atoms with E-state index in [1.54, 1.807) is 24.3 Å². The van der Waals surface area contributed by atoms with Crippen molar-refractivity contribution in [1.82, 2.24) is 0 Å². The first-order chi connectivity index (χ1) is 12.0. The zero-order chi connectivity index (χ0) is 18.0. The summed E-state index contributed by atoms with van der Waals surface area (Å²) in [5.41, 5.74) is 15.3. The third kappa shape index (κ3) is 3.42. The van der Waals surface area contributed by atoms with Crippen molar-refractivity contribution in [2.45, 2.75) is 25.8 Å². The SMILES string of the molecule is CC(C(=O)Nc1ccc(C(N)=O)cc1)N1CCCc2c(N)cccc21. The van der Waals surface area contributed by atoms with Crippen molar-refractivity contribution in [2.75, 3.05) is 22.5 Å². The number of amides is 2. The van der Waals surface area contributed by atoms with E-state index in [0.29, 0.717) is 11.3 Å². The van der Waals surface area contributed by atoms with Gasteiger partial charge in [-0.25, -0.2) is 0 Å². The summed E-state index contributed by atoms with van der Waals surface area (Å²) >= 11 is 0. The van der Waals surface area contributed by atoms with Crippen molar-refractivity contribution >= 4 is 28.9 Å². The number of nitrogens with zero attached hydrogens (tertiary/aromatic N) is 1. The fourth-order valence-corrected chi connectivity index (χ4v) is 3.19. The van der Waals surface area contributed by atoms with Gasteiger partial charge in [-0.1, -0.05) is 6.07 Å². The van der Waals surface area contributed by atoms with Gasteiger partial charge < -0.3 is 21.7 Å². The fourth-order valence-electron chi connectivity index (χ4n) is 3.19. The van der Waals surface area contributed by atoms with E-state index in [9.17, 15) is 9.59 Å². The van der Waals surface area contributed by atoms with E-state index in [1.165, 1.54) is 0 Å². The zero-order valence-electron chi connectivity index (χ0n) is 14.2. The molecule has 0 saturated heterocycles. The highest BCUT2D eigenvalue weighted by Gasteiger charge is 2.26. The van der Waals surface area contributed by atoms with Crippen LogP contribution >= 0.6 is 0 Å². The molecule has 0 spiro atoms. The molecule has 1 unspecified atom stereocenters. The lowest BCUT2D eigenvalue weighted by Gasteiger charge is -2.36. The van der Waals surface area contributed by atoms with Gasteiger partial charge in [0.1, 0.15) is 6.04 Å². The van der Waals surface area contributed by atoms with Crippen LogP contribution in [0.2, 0.25) is 0 Å². The van der Waals surface area contributed by atoms with Gasteiger partial charge in [0, 0.05) is 29.2 Å². The molecule has 0 aliphatic carbocycles. The summed E-state index contributed by atoms with van der Waals surface area (Å²) in [5.74, 6) is -0.601. The van der Waals surface area contributed by atoms with Crippen molar-refractivity contribution in [1.29, 1.82) is 0 Å². The number of carbonyl (C=O) groups is 2. The maximum atomic E-state index is 12.6. The first kappa shape index (κ1) is 16.8. The van der Waals surface area contributed by atoms with Gasteiger partial charge >= 0.3 is 0 Å². The third-order valence-electron chi connectivity index (χ3n) is 4.61. The maximum Gasteiger partial charge on any atom is 0.248 e. The highest BCUT2D eigenvalue weighted by molar-refractivity contribution is 5.98. The Kier molecular flexibility index (Phi) is 4.61. The van der Waals surface area contributed by atoms with Gasteiger partial charge in [-0.3, -0.25) is 9.59 Å². The Bertz CT molecular complexity index is 802. The first-order valence-electron chi connectivity index (χ1n) is 8.32. The van der Waals surface area contributed by atoms with Gasteiger partial charge in [-0.15, -0.1) is 0 Å². The van der Waals surface area contributed by atoms with Crippen LogP contribution in [0.4, 0.5) is 17.1 Å². The van der Waals surface area contributed by atoms with E-state index >= 15 is 0 Å². The predicted molar refractivity (Wildman–Crippen MR) is 99.6 cm³/mol. The largest absolute Gasteiger partial charge is 0.398 e. The van der Waals surface area contributed by atoms with Crippen LogP contribution in [0.1, 0.15) is 29.3 Å². The fraction of sp³-hybridized carbons (Fsp3) is 0.263. The van der Waals surface area contributed by atoms with Crippen LogP contribution < -0.4 is 21.7 Å². The van der Waals surface area contributed by atoms with Crippen LogP contribution in [0.25, 0.3) is 0 Å². The number of hydrogen-bond donors (Lipinski definition) is 3. The van der Waals surface area contributed by atoms with Crippen molar-refractivity contribution in [3.8, 4) is 0 Å². The molecule has 2 amide bonds. The molecule has 6 nitrogen and oxygen atoms in total. The Morgan fingerprint density at radius 3 is 2.56 bits per heavy atom. The Morgan fingerprint density at radius 1 is 1.16 bits per heavy atom. The van der Waals surface area contributed by atoms with Gasteiger partial charge in [0.25, 0.3) is 0 Å². The topological polar surface area (TPSA) is 101 Å². The van der Waals surface area contributed by atoms with E-state index in [4.69, 9.17) is 11.5 Å². The van der Waals surface area contributed by atoms with Crippen LogP contribution in [0.3, 0.4) is 0 Å². The number of nitrogen functional groups attached to an aromatic ring is 1. The lowest BCUT2D eigenvalue weighted by Crippen LogP contribution is -2.44. The van der Waals surface area contributed by atoms with E-state index in [1.807, 2.05) is 25.1 Å². The minimum atomic E-state index is -0.492. The van der Waals surface area contributed by atoms with Gasteiger partial charge in [0.15, 0.2) is 0 Å². The highest BCUT2D eigenvalue weighted by Crippen LogP contribution is 2.32. The van der Waals surface area contributed by atoms with E-state index in [0.717, 1.165) is 36.3 Å². The summed E-state index contributed by atoms with van der Waals surface area (Å²) < 4.78 is 0. The average Bonchev–Trinajstić information content (AvgIpc) is 2.61. The summed E-state index contributed by atoms with van der Waals surface area (Å²) in [6.45, 7) is 2.69. The molecule has 0 fully saturated rings. The maximum absolute atomic E-state index is 12.6. The normalized spacial score (nSPS) is 14.5. The molecule has 25 heavy (non-hydrogen) atoms. The molecular formula is C19H22N4O2. The van der Waals surface area contributed by atoms with Crippen molar-refractivity contribution in [3.63, 3.8) is 0 Å². The van der Waals surface area contributed by atoms with Crippen LogP contribution in [-0.2, 0) is 11.2 Å². The lowest BCUT2D eigenvalue weighted by atomic mass is 9.98. The Morgan fingerprint density at radius 2 is 1.88 bits per heavy atom. The third-order valence-corrected chi connectivity index (χ3v) is 4.61. The van der Waals surface area contributed by atoms with Crippen LogP contribution in [0, 0.1) is 0 Å². The monoisotopic (exact) mass is 338 g/mol. The number of nitrogens with two attached hydrogens (primary N) is 2. The summed E-state index contributed by atoms with van der Waals surface area (Å²) in [7, 11) is 0. The highest BCUT2D eigenvalue weighted by atomic mass is 16.2. The summed E-state index contributed by atoms with van der Waals surface area (Å²) in [4.78, 5) is 25.8. The molecule has 1 aliphatic rings. The average molecular weight is 338 g/mol. The summed E-state index contributed by atoms with van der Waals surface area (Å²) in [6, 6.07) is 12.0. The molecule has 0 radical (unpaired) electrons. The van der Waals surface area contributed by atoms with E-state index < -0.39 is 5.91 Å². The van der Waals surface area contributed by atoms with Gasteiger partial charge in [-0.05, 0) is 61.7 Å². The number of fused-ring (bicyclic) bond motifs is 1. The molecule has 0 saturated carbocycles. The molecular weight excluding hydrogens is 316 g/mol. The molecule has 0 bridgehead atoms. The van der Waals surface area contributed by atoms with Crippen LogP contribution in [-0.4, -0.2) is 24.4 Å². The molecule has 1 aliphatic heterocycles. The molecule has 1 atom stereocenters. The van der Waals surface area contributed by atoms with Crippen LogP contribution in [0.15, 0.2) is 42.5 Å². The predicted octanol–water partition coefficient (Wildman–Crippen LogP) is 2.15. The Hall–Kier alpha value is -3.02. The second-order valence-electron chi connectivity index (χ2n) is 6.25. The van der Waals surface area contributed by atoms with E-state index in [-0.39, 0.29) is 11.9 Å². The zero-order valence-corrected chi connectivity index (χ0v) is 14.2. The van der Waals surface area contributed by atoms with Gasteiger partial charge in [-0.2, -0.15) is 0 Å². The number of benzene rings is 2. The van der Waals surface area contributed by atoms with Crippen molar-refractivity contribution in [3.05, 3.63) is 53.6 Å². The molecule has 5 N–H and O–H groups in total. The number of primary amides is 1. The molecule has 2 aromatic rings. The van der Waals surface area contributed by atoms with E-state index in [2.05, 4.69) is 10.2 Å². The second kappa shape index (κ2) is 6.84. The minimum Gasteiger partial charge on any atom is -0.398 e.